The molecule has 2 aromatic heterocycles. The highest BCUT2D eigenvalue weighted by Gasteiger charge is 2.05. The second kappa shape index (κ2) is 4.34. The number of nitrogens with one attached hydrogen (secondary N) is 1. The first-order chi connectivity index (χ1) is 6.90. The molecule has 0 saturated carbocycles. The van der Waals surface area contributed by atoms with Gasteiger partial charge in [-0.3, -0.25) is 5.10 Å². The van der Waals surface area contributed by atoms with Crippen LogP contribution in [0.25, 0.3) is 10.7 Å². The van der Waals surface area contributed by atoms with E-state index < -0.39 is 0 Å². The Balaban J connectivity index is 2.10. The van der Waals surface area contributed by atoms with Crippen molar-refractivity contribution in [1.82, 2.24) is 15.2 Å². The van der Waals surface area contributed by atoms with E-state index in [1.54, 1.807) is 18.4 Å². The van der Waals surface area contributed by atoms with E-state index in [4.69, 9.17) is 4.74 Å². The van der Waals surface area contributed by atoms with Gasteiger partial charge in [-0.25, -0.2) is 4.98 Å². The van der Waals surface area contributed by atoms with Crippen molar-refractivity contribution < 1.29 is 4.74 Å². The number of nitrogens with zero attached hydrogens (tertiary/aromatic N) is 2. The molecule has 0 unspecified atom stereocenters. The fraction of sp³-hybridized carbons (Fsp3) is 0.333. The molecule has 0 aliphatic rings. The zero-order valence-corrected chi connectivity index (χ0v) is 8.67. The number of ether oxygens (including phenoxy) is 1. The molecule has 2 heterocycles. The van der Waals surface area contributed by atoms with Crippen molar-refractivity contribution >= 4 is 11.3 Å². The van der Waals surface area contributed by atoms with Crippen LogP contribution in [0.15, 0.2) is 17.5 Å². The summed E-state index contributed by atoms with van der Waals surface area (Å²) in [5.41, 5.74) is 0. The summed E-state index contributed by atoms with van der Waals surface area (Å²) in [6.45, 7) is 0.666. The van der Waals surface area contributed by atoms with E-state index in [0.29, 0.717) is 6.61 Å². The molecule has 0 bridgehead atoms. The number of rotatable bonds is 4. The van der Waals surface area contributed by atoms with E-state index in [0.717, 1.165) is 22.9 Å². The van der Waals surface area contributed by atoms with E-state index in [9.17, 15) is 0 Å². The molecule has 0 fully saturated rings. The maximum Gasteiger partial charge on any atom is 0.191 e. The van der Waals surface area contributed by atoms with Crippen LogP contribution in [0.1, 0.15) is 5.82 Å². The Hall–Kier alpha value is -1.20. The Morgan fingerprint density at radius 2 is 2.50 bits per heavy atom. The van der Waals surface area contributed by atoms with Gasteiger partial charge in [-0.2, -0.15) is 5.10 Å². The SMILES string of the molecule is COCCc1nc(-c2cccs2)n[nH]1. The van der Waals surface area contributed by atoms with Crippen molar-refractivity contribution in [1.29, 1.82) is 0 Å². The summed E-state index contributed by atoms with van der Waals surface area (Å²) in [6.07, 6.45) is 0.773. The summed E-state index contributed by atoms with van der Waals surface area (Å²) in [6, 6.07) is 4.00. The molecular weight excluding hydrogens is 198 g/mol. The number of hydrogen-bond donors (Lipinski definition) is 1. The largest absolute Gasteiger partial charge is 0.384 e. The number of thiophene rings is 1. The smallest absolute Gasteiger partial charge is 0.191 e. The van der Waals surface area contributed by atoms with Crippen LogP contribution < -0.4 is 0 Å². The van der Waals surface area contributed by atoms with Crippen LogP contribution in [0, 0.1) is 0 Å². The molecule has 2 aromatic rings. The Kier molecular flexibility index (Phi) is 2.90. The molecular formula is C9H11N3OS. The molecule has 0 saturated heterocycles. The summed E-state index contributed by atoms with van der Waals surface area (Å²) in [7, 11) is 1.68. The third-order valence-electron chi connectivity index (χ3n) is 1.82. The van der Waals surface area contributed by atoms with Gasteiger partial charge in [0.2, 0.25) is 0 Å². The molecule has 14 heavy (non-hydrogen) atoms. The molecule has 0 aliphatic heterocycles. The van der Waals surface area contributed by atoms with E-state index in [-0.39, 0.29) is 0 Å². The van der Waals surface area contributed by atoms with Gasteiger partial charge in [0.05, 0.1) is 11.5 Å². The summed E-state index contributed by atoms with van der Waals surface area (Å²) >= 11 is 1.64. The second-order valence-corrected chi connectivity index (χ2v) is 3.77. The molecule has 0 atom stereocenters. The minimum Gasteiger partial charge on any atom is -0.384 e. The fourth-order valence-corrected chi connectivity index (χ4v) is 1.78. The van der Waals surface area contributed by atoms with Gasteiger partial charge in [0.1, 0.15) is 5.82 Å². The molecule has 0 aromatic carbocycles. The van der Waals surface area contributed by atoms with Crippen molar-refractivity contribution in [2.24, 2.45) is 0 Å². The van der Waals surface area contributed by atoms with E-state index >= 15 is 0 Å². The average Bonchev–Trinajstić information content (AvgIpc) is 2.85. The van der Waals surface area contributed by atoms with Gasteiger partial charge < -0.3 is 4.74 Å². The highest BCUT2D eigenvalue weighted by Crippen LogP contribution is 2.20. The Morgan fingerprint density at radius 3 is 3.21 bits per heavy atom. The highest BCUT2D eigenvalue weighted by atomic mass is 32.1. The van der Waals surface area contributed by atoms with Gasteiger partial charge in [-0.05, 0) is 11.4 Å². The summed E-state index contributed by atoms with van der Waals surface area (Å²) < 4.78 is 4.96. The maximum absolute atomic E-state index is 4.96. The van der Waals surface area contributed by atoms with Crippen LogP contribution in [0.2, 0.25) is 0 Å². The molecule has 74 valence electrons. The Bertz CT molecular complexity index is 382. The van der Waals surface area contributed by atoms with E-state index in [1.807, 2.05) is 17.5 Å². The van der Waals surface area contributed by atoms with Crippen molar-refractivity contribution in [2.75, 3.05) is 13.7 Å². The molecule has 2 rings (SSSR count). The van der Waals surface area contributed by atoms with Crippen LogP contribution in [0.4, 0.5) is 0 Å². The van der Waals surface area contributed by atoms with Crippen molar-refractivity contribution in [3.63, 3.8) is 0 Å². The normalized spacial score (nSPS) is 10.6. The zero-order valence-electron chi connectivity index (χ0n) is 7.86. The lowest BCUT2D eigenvalue weighted by atomic mass is 10.4. The monoisotopic (exact) mass is 209 g/mol. The maximum atomic E-state index is 4.96. The van der Waals surface area contributed by atoms with Gasteiger partial charge in [0, 0.05) is 13.5 Å². The summed E-state index contributed by atoms with van der Waals surface area (Å²) in [5, 5.41) is 9.04. The number of aromatic nitrogens is 3. The Labute approximate surface area is 86.0 Å². The molecule has 1 N–H and O–H groups in total. The van der Waals surface area contributed by atoms with Crippen LogP contribution in [-0.4, -0.2) is 28.9 Å². The zero-order chi connectivity index (χ0) is 9.80. The molecule has 0 amide bonds. The van der Waals surface area contributed by atoms with Crippen LogP contribution in [0.5, 0.6) is 0 Å². The van der Waals surface area contributed by atoms with Crippen molar-refractivity contribution in [2.45, 2.75) is 6.42 Å². The highest BCUT2D eigenvalue weighted by molar-refractivity contribution is 7.13. The first kappa shape index (κ1) is 9.36. The van der Waals surface area contributed by atoms with Gasteiger partial charge in [0.15, 0.2) is 5.82 Å². The first-order valence-electron chi connectivity index (χ1n) is 4.34. The standard InChI is InChI=1S/C9H11N3OS/c1-13-5-4-8-10-9(12-11-8)7-3-2-6-14-7/h2-3,6H,4-5H2,1H3,(H,10,11,12). The molecule has 0 spiro atoms. The quantitative estimate of drug-likeness (QED) is 0.834. The lowest BCUT2D eigenvalue weighted by Crippen LogP contribution is -1.96. The summed E-state index contributed by atoms with van der Waals surface area (Å²) in [4.78, 5) is 5.44. The topological polar surface area (TPSA) is 50.8 Å². The number of aromatic amines is 1. The Morgan fingerprint density at radius 1 is 1.57 bits per heavy atom. The van der Waals surface area contributed by atoms with E-state index in [2.05, 4.69) is 15.2 Å². The van der Waals surface area contributed by atoms with Gasteiger partial charge >= 0.3 is 0 Å². The number of H-pyrrole nitrogens is 1. The van der Waals surface area contributed by atoms with Crippen LogP contribution >= 0.6 is 11.3 Å². The lowest BCUT2D eigenvalue weighted by Gasteiger charge is -1.92. The minimum absolute atomic E-state index is 0.666. The molecule has 0 radical (unpaired) electrons. The van der Waals surface area contributed by atoms with E-state index in [1.165, 1.54) is 0 Å². The molecule has 5 heteroatoms. The van der Waals surface area contributed by atoms with Crippen molar-refractivity contribution in [3.8, 4) is 10.7 Å². The number of methoxy groups -OCH3 is 1. The average molecular weight is 209 g/mol. The minimum atomic E-state index is 0.666. The second-order valence-electron chi connectivity index (χ2n) is 2.83. The fourth-order valence-electron chi connectivity index (χ4n) is 1.12. The van der Waals surface area contributed by atoms with Gasteiger partial charge in [-0.15, -0.1) is 11.3 Å². The van der Waals surface area contributed by atoms with Crippen molar-refractivity contribution in [3.05, 3.63) is 23.3 Å². The summed E-state index contributed by atoms with van der Waals surface area (Å²) in [5.74, 6) is 1.64. The molecule has 0 aliphatic carbocycles. The predicted octanol–water partition coefficient (Wildman–Crippen LogP) is 1.72. The first-order valence-corrected chi connectivity index (χ1v) is 5.22. The predicted molar refractivity (Wildman–Crippen MR) is 55.3 cm³/mol. The lowest BCUT2D eigenvalue weighted by molar-refractivity contribution is 0.200. The molecule has 4 nitrogen and oxygen atoms in total. The number of hydrogen-bond acceptors (Lipinski definition) is 4. The van der Waals surface area contributed by atoms with Crippen LogP contribution in [0.3, 0.4) is 0 Å². The van der Waals surface area contributed by atoms with Gasteiger partial charge in [0.25, 0.3) is 0 Å². The third-order valence-corrected chi connectivity index (χ3v) is 2.68. The van der Waals surface area contributed by atoms with Gasteiger partial charge in [-0.1, -0.05) is 6.07 Å². The van der Waals surface area contributed by atoms with Crippen LogP contribution in [-0.2, 0) is 11.2 Å². The third kappa shape index (κ3) is 2.00.